The summed E-state index contributed by atoms with van der Waals surface area (Å²) >= 11 is 0. The predicted octanol–water partition coefficient (Wildman–Crippen LogP) is 4.22. The highest BCUT2D eigenvalue weighted by molar-refractivity contribution is 5.32. The van der Waals surface area contributed by atoms with E-state index in [-0.39, 0.29) is 5.41 Å². The molecule has 0 aromatic heterocycles. The molecule has 1 nitrogen and oxygen atoms in total. The molecule has 0 aromatic rings. The summed E-state index contributed by atoms with van der Waals surface area (Å²) in [7, 11) is 0. The quantitative estimate of drug-likeness (QED) is 0.468. The molecular formula is C13H23N. The number of hydrogen-bond acceptors (Lipinski definition) is 1. The highest BCUT2D eigenvalue weighted by Gasteiger charge is 2.14. The lowest BCUT2D eigenvalue weighted by atomic mass is 9.92. The number of allylic oxidation sites excluding steroid dienone is 4. The van der Waals surface area contributed by atoms with Gasteiger partial charge < -0.3 is 0 Å². The second kappa shape index (κ2) is 5.79. The highest BCUT2D eigenvalue weighted by atomic mass is 14.7. The summed E-state index contributed by atoms with van der Waals surface area (Å²) in [6, 6.07) is 0. The summed E-state index contributed by atoms with van der Waals surface area (Å²) in [4.78, 5) is 4.04. The average Bonchev–Trinajstić information content (AvgIpc) is 2.01. The van der Waals surface area contributed by atoms with Crippen molar-refractivity contribution in [2.45, 2.75) is 41.0 Å². The molecule has 1 heteroatoms. The Bertz CT molecular complexity index is 226. The Hall–Kier alpha value is -0.850. The first-order valence-corrected chi connectivity index (χ1v) is 5.22. The van der Waals surface area contributed by atoms with Gasteiger partial charge in [0.1, 0.15) is 0 Å². The second-order valence-electron chi connectivity index (χ2n) is 5.02. The fourth-order valence-electron chi connectivity index (χ4n) is 1.05. The zero-order chi connectivity index (χ0) is 11.2. The zero-order valence-corrected chi connectivity index (χ0v) is 10.2. The summed E-state index contributed by atoms with van der Waals surface area (Å²) in [5.41, 5.74) is 1.13. The maximum absolute atomic E-state index is 4.04. The molecule has 0 unspecified atom stereocenters. The Morgan fingerprint density at radius 1 is 1.36 bits per heavy atom. The minimum Gasteiger partial charge on any atom is -0.269 e. The molecule has 0 aliphatic carbocycles. The van der Waals surface area contributed by atoms with Gasteiger partial charge in [0.25, 0.3) is 0 Å². The van der Waals surface area contributed by atoms with Crippen molar-refractivity contribution in [1.29, 1.82) is 0 Å². The molecule has 0 saturated heterocycles. The molecule has 0 bridgehead atoms. The molecule has 0 spiro atoms. The van der Waals surface area contributed by atoms with Crippen LogP contribution in [0.1, 0.15) is 41.0 Å². The van der Waals surface area contributed by atoms with E-state index in [0.29, 0.717) is 0 Å². The standard InChI is InChI=1S/C13H23N/c1-11(2)9-7-8-10-12(14-6)13(3,4)5/h7-8,10-11H,6,9H2,1-5H3/b8-7+,12-10-. The number of nitrogens with zero attached hydrogens (tertiary/aromatic N) is 1. The van der Waals surface area contributed by atoms with Gasteiger partial charge in [-0.3, -0.25) is 4.99 Å². The van der Waals surface area contributed by atoms with Gasteiger partial charge in [0.05, 0.1) is 0 Å². The lowest BCUT2D eigenvalue weighted by molar-refractivity contribution is 0.499. The lowest BCUT2D eigenvalue weighted by Crippen LogP contribution is -2.06. The van der Waals surface area contributed by atoms with Crippen LogP contribution in [0.2, 0.25) is 0 Å². The Balaban J connectivity index is 4.33. The van der Waals surface area contributed by atoms with Gasteiger partial charge in [-0.1, -0.05) is 46.8 Å². The monoisotopic (exact) mass is 193 g/mol. The summed E-state index contributed by atoms with van der Waals surface area (Å²) in [5, 5.41) is 0. The van der Waals surface area contributed by atoms with Gasteiger partial charge in [-0.15, -0.1) is 0 Å². The van der Waals surface area contributed by atoms with Crippen molar-refractivity contribution >= 4 is 6.72 Å². The SMILES string of the molecule is C=N/C(=C\C=C\CC(C)C)C(C)(C)C. The van der Waals surface area contributed by atoms with Crippen LogP contribution in [0.5, 0.6) is 0 Å². The van der Waals surface area contributed by atoms with Crippen LogP contribution < -0.4 is 0 Å². The zero-order valence-electron chi connectivity index (χ0n) is 10.2. The van der Waals surface area contributed by atoms with E-state index in [4.69, 9.17) is 0 Å². The highest BCUT2D eigenvalue weighted by Crippen LogP contribution is 2.25. The van der Waals surface area contributed by atoms with Gasteiger partial charge in [0, 0.05) is 11.1 Å². The van der Waals surface area contributed by atoms with E-state index in [1.165, 1.54) is 0 Å². The molecule has 14 heavy (non-hydrogen) atoms. The van der Waals surface area contributed by atoms with Crippen LogP contribution in [0.15, 0.2) is 28.9 Å². The molecule has 0 aliphatic heterocycles. The Morgan fingerprint density at radius 2 is 1.93 bits per heavy atom. The van der Waals surface area contributed by atoms with Crippen LogP contribution >= 0.6 is 0 Å². The molecule has 0 amide bonds. The van der Waals surface area contributed by atoms with E-state index in [2.05, 4.69) is 64.6 Å². The van der Waals surface area contributed by atoms with Gasteiger partial charge >= 0.3 is 0 Å². The van der Waals surface area contributed by atoms with Crippen molar-refractivity contribution in [2.24, 2.45) is 16.3 Å². The van der Waals surface area contributed by atoms with Crippen LogP contribution in [-0.2, 0) is 0 Å². The van der Waals surface area contributed by atoms with Gasteiger partial charge in [0.15, 0.2) is 0 Å². The van der Waals surface area contributed by atoms with Gasteiger partial charge in [-0.05, 0) is 25.1 Å². The maximum Gasteiger partial charge on any atom is 0.0449 e. The molecule has 0 heterocycles. The van der Waals surface area contributed by atoms with Crippen LogP contribution in [0.25, 0.3) is 0 Å². The smallest absolute Gasteiger partial charge is 0.0449 e. The van der Waals surface area contributed by atoms with E-state index in [9.17, 15) is 0 Å². The summed E-state index contributed by atoms with van der Waals surface area (Å²) in [6.07, 6.45) is 7.43. The number of rotatable bonds is 4. The summed E-state index contributed by atoms with van der Waals surface area (Å²) in [6.45, 7) is 14.4. The molecule has 0 atom stereocenters. The minimum absolute atomic E-state index is 0.0872. The van der Waals surface area contributed by atoms with Gasteiger partial charge in [-0.25, -0.2) is 0 Å². The Kier molecular flexibility index (Phi) is 5.44. The molecule has 0 aliphatic rings. The predicted molar refractivity (Wildman–Crippen MR) is 65.7 cm³/mol. The van der Waals surface area contributed by atoms with Crippen molar-refractivity contribution < 1.29 is 0 Å². The third kappa shape index (κ3) is 5.74. The van der Waals surface area contributed by atoms with Crippen molar-refractivity contribution in [3.05, 3.63) is 23.9 Å². The fourth-order valence-corrected chi connectivity index (χ4v) is 1.05. The van der Waals surface area contributed by atoms with Crippen molar-refractivity contribution in [3.63, 3.8) is 0 Å². The minimum atomic E-state index is 0.0872. The molecule has 0 radical (unpaired) electrons. The van der Waals surface area contributed by atoms with E-state index in [1.54, 1.807) is 0 Å². The third-order valence-corrected chi connectivity index (χ3v) is 1.94. The summed E-state index contributed by atoms with van der Waals surface area (Å²) < 4.78 is 0. The van der Waals surface area contributed by atoms with Crippen molar-refractivity contribution in [1.82, 2.24) is 0 Å². The van der Waals surface area contributed by atoms with E-state index in [0.717, 1.165) is 18.0 Å². The number of aliphatic imine (C=N–C) groups is 1. The van der Waals surface area contributed by atoms with Crippen LogP contribution in [0, 0.1) is 11.3 Å². The first-order valence-electron chi connectivity index (χ1n) is 5.22. The second-order valence-corrected chi connectivity index (χ2v) is 5.02. The van der Waals surface area contributed by atoms with Gasteiger partial charge in [-0.2, -0.15) is 0 Å². The normalized spacial score (nSPS) is 14.0. The topological polar surface area (TPSA) is 12.4 Å². The Morgan fingerprint density at radius 3 is 2.29 bits per heavy atom. The fraction of sp³-hybridized carbons (Fsp3) is 0.615. The molecular weight excluding hydrogens is 170 g/mol. The molecule has 0 aromatic carbocycles. The maximum atomic E-state index is 4.04. The molecule has 0 rings (SSSR count). The first kappa shape index (κ1) is 13.2. The average molecular weight is 193 g/mol. The number of hydrogen-bond donors (Lipinski definition) is 0. The third-order valence-electron chi connectivity index (χ3n) is 1.94. The molecule has 0 fully saturated rings. The lowest BCUT2D eigenvalue weighted by Gasteiger charge is -2.17. The van der Waals surface area contributed by atoms with E-state index < -0.39 is 0 Å². The van der Waals surface area contributed by atoms with Crippen molar-refractivity contribution in [3.8, 4) is 0 Å². The van der Waals surface area contributed by atoms with Crippen molar-refractivity contribution in [2.75, 3.05) is 0 Å². The molecule has 0 N–H and O–H groups in total. The van der Waals surface area contributed by atoms with Crippen LogP contribution in [-0.4, -0.2) is 6.72 Å². The first-order chi connectivity index (χ1) is 6.38. The largest absolute Gasteiger partial charge is 0.269 e. The van der Waals surface area contributed by atoms with E-state index in [1.807, 2.05) is 0 Å². The molecule has 0 saturated carbocycles. The Labute approximate surface area is 88.6 Å². The van der Waals surface area contributed by atoms with E-state index >= 15 is 0 Å². The van der Waals surface area contributed by atoms with Crippen LogP contribution in [0.3, 0.4) is 0 Å². The van der Waals surface area contributed by atoms with Crippen LogP contribution in [0.4, 0.5) is 0 Å². The molecule has 80 valence electrons. The summed E-state index contributed by atoms with van der Waals surface area (Å²) in [5.74, 6) is 0.717. The van der Waals surface area contributed by atoms with Gasteiger partial charge in [0.2, 0.25) is 0 Å².